The van der Waals surface area contributed by atoms with E-state index in [0.29, 0.717) is 0 Å². The molecule has 0 spiro atoms. The van der Waals surface area contributed by atoms with Gasteiger partial charge in [-0.25, -0.2) is 9.78 Å². The van der Waals surface area contributed by atoms with Gasteiger partial charge in [0.2, 0.25) is 0 Å². The van der Waals surface area contributed by atoms with Gasteiger partial charge in [0, 0.05) is 6.54 Å². The molecule has 0 unspecified atom stereocenters. The Morgan fingerprint density at radius 2 is 2.40 bits per heavy atom. The van der Waals surface area contributed by atoms with Gasteiger partial charge in [-0.1, -0.05) is 12.2 Å². The second-order valence-corrected chi connectivity index (χ2v) is 3.02. The summed E-state index contributed by atoms with van der Waals surface area (Å²) in [6.07, 6.45) is 6.52. The highest BCUT2D eigenvalue weighted by molar-refractivity contribution is 5.85. The van der Waals surface area contributed by atoms with Crippen LogP contribution in [0.5, 0.6) is 0 Å². The third-order valence-corrected chi connectivity index (χ3v) is 1.86. The molecule has 80 valence electrons. The normalized spacial score (nSPS) is 10.5. The molecule has 0 saturated carbocycles. The summed E-state index contributed by atoms with van der Waals surface area (Å²) in [5.74, 6) is -1.00. The molecule has 0 aliphatic rings. The predicted molar refractivity (Wildman–Crippen MR) is 59.1 cm³/mol. The number of carbonyl (C=O) groups is 1. The Balaban J connectivity index is 2.46. The number of carboxylic acids is 1. The maximum Gasteiger partial charge on any atom is 0.354 e. The number of hydrogen-bond acceptors (Lipinski definition) is 3. The van der Waals surface area contributed by atoms with Gasteiger partial charge in [-0.15, -0.1) is 0 Å². The van der Waals surface area contributed by atoms with Crippen LogP contribution in [-0.2, 0) is 0 Å². The molecular weight excluding hydrogens is 192 g/mol. The number of pyridine rings is 1. The summed E-state index contributed by atoms with van der Waals surface area (Å²) in [5.41, 5.74) is 0.901. The van der Waals surface area contributed by atoms with Gasteiger partial charge < -0.3 is 10.4 Å². The third-order valence-electron chi connectivity index (χ3n) is 1.86. The lowest BCUT2D eigenvalue weighted by Crippen LogP contribution is -2.03. The number of hydrogen-bond donors (Lipinski definition) is 2. The Morgan fingerprint density at radius 3 is 2.93 bits per heavy atom. The van der Waals surface area contributed by atoms with Gasteiger partial charge in [-0.3, -0.25) is 0 Å². The summed E-state index contributed by atoms with van der Waals surface area (Å²) >= 11 is 0. The van der Waals surface area contributed by atoms with Crippen LogP contribution in [0.3, 0.4) is 0 Å². The molecule has 0 saturated heterocycles. The van der Waals surface area contributed by atoms with Crippen LogP contribution in [0.1, 0.15) is 23.8 Å². The van der Waals surface area contributed by atoms with E-state index in [0.717, 1.165) is 18.7 Å². The zero-order valence-corrected chi connectivity index (χ0v) is 8.60. The van der Waals surface area contributed by atoms with Gasteiger partial charge >= 0.3 is 5.97 Å². The van der Waals surface area contributed by atoms with E-state index in [9.17, 15) is 4.79 Å². The number of anilines is 1. The fourth-order valence-corrected chi connectivity index (χ4v) is 1.09. The molecule has 1 aromatic rings. The van der Waals surface area contributed by atoms with Crippen LogP contribution in [0.15, 0.2) is 30.5 Å². The zero-order valence-electron chi connectivity index (χ0n) is 8.60. The van der Waals surface area contributed by atoms with Crippen LogP contribution < -0.4 is 5.32 Å². The Labute approximate surface area is 88.7 Å². The van der Waals surface area contributed by atoms with Crippen molar-refractivity contribution in [2.45, 2.75) is 13.3 Å². The average molecular weight is 206 g/mol. The van der Waals surface area contributed by atoms with E-state index in [4.69, 9.17) is 5.11 Å². The fraction of sp³-hybridized carbons (Fsp3) is 0.273. The lowest BCUT2D eigenvalue weighted by atomic mass is 10.3. The maximum absolute atomic E-state index is 10.5. The Bertz CT molecular complexity index is 344. The van der Waals surface area contributed by atoms with Crippen molar-refractivity contribution in [1.29, 1.82) is 0 Å². The minimum atomic E-state index is -1.00. The molecule has 0 bridgehead atoms. The first-order valence-corrected chi connectivity index (χ1v) is 4.78. The first kappa shape index (κ1) is 11.2. The number of allylic oxidation sites excluding steroid dienone is 1. The van der Waals surface area contributed by atoms with Crippen molar-refractivity contribution in [3.05, 3.63) is 36.2 Å². The summed E-state index contributed by atoms with van der Waals surface area (Å²) in [7, 11) is 0. The quantitative estimate of drug-likeness (QED) is 0.572. The van der Waals surface area contributed by atoms with Crippen LogP contribution in [-0.4, -0.2) is 22.6 Å². The molecule has 1 rings (SSSR count). The first-order chi connectivity index (χ1) is 7.24. The minimum absolute atomic E-state index is 0.0639. The predicted octanol–water partition coefficient (Wildman–Crippen LogP) is 2.16. The van der Waals surface area contributed by atoms with Crippen molar-refractivity contribution in [3.8, 4) is 0 Å². The number of carboxylic acid groups (broad SMARTS) is 1. The molecule has 0 radical (unpaired) electrons. The van der Waals surface area contributed by atoms with Gasteiger partial charge in [0.25, 0.3) is 0 Å². The number of rotatable bonds is 5. The SMILES string of the molecule is C/C=C/CCNc1ccc(C(=O)O)nc1. The fourth-order valence-electron chi connectivity index (χ4n) is 1.09. The van der Waals surface area contributed by atoms with Crippen molar-refractivity contribution in [2.75, 3.05) is 11.9 Å². The van der Waals surface area contributed by atoms with Crippen LogP contribution in [0, 0.1) is 0 Å². The van der Waals surface area contributed by atoms with Crippen molar-refractivity contribution in [1.82, 2.24) is 4.98 Å². The van der Waals surface area contributed by atoms with Crippen molar-refractivity contribution in [2.24, 2.45) is 0 Å². The van der Waals surface area contributed by atoms with E-state index in [-0.39, 0.29) is 5.69 Å². The van der Waals surface area contributed by atoms with Gasteiger partial charge in [-0.2, -0.15) is 0 Å². The van der Waals surface area contributed by atoms with E-state index in [1.807, 2.05) is 13.0 Å². The van der Waals surface area contributed by atoms with E-state index >= 15 is 0 Å². The molecule has 2 N–H and O–H groups in total. The largest absolute Gasteiger partial charge is 0.477 e. The van der Waals surface area contributed by atoms with Crippen molar-refractivity contribution in [3.63, 3.8) is 0 Å². The number of nitrogens with zero attached hydrogens (tertiary/aromatic N) is 1. The van der Waals surface area contributed by atoms with E-state index < -0.39 is 5.97 Å². The molecule has 1 aromatic heterocycles. The third kappa shape index (κ3) is 3.81. The lowest BCUT2D eigenvalue weighted by Gasteiger charge is -2.03. The van der Waals surface area contributed by atoms with Crippen LogP contribution >= 0.6 is 0 Å². The molecular formula is C11H14N2O2. The van der Waals surface area contributed by atoms with E-state index in [2.05, 4.69) is 16.4 Å². The lowest BCUT2D eigenvalue weighted by molar-refractivity contribution is 0.0690. The second kappa shape index (κ2) is 5.80. The Hall–Kier alpha value is -1.84. The van der Waals surface area contributed by atoms with Crippen LogP contribution in [0.4, 0.5) is 5.69 Å². The molecule has 15 heavy (non-hydrogen) atoms. The monoisotopic (exact) mass is 206 g/mol. The summed E-state index contributed by atoms with van der Waals surface area (Å²) < 4.78 is 0. The molecule has 0 aliphatic carbocycles. The van der Waals surface area contributed by atoms with Gasteiger partial charge in [0.15, 0.2) is 0 Å². The second-order valence-electron chi connectivity index (χ2n) is 3.02. The zero-order chi connectivity index (χ0) is 11.1. The Morgan fingerprint density at radius 1 is 1.60 bits per heavy atom. The van der Waals surface area contributed by atoms with Crippen LogP contribution in [0.2, 0.25) is 0 Å². The summed E-state index contributed by atoms with van der Waals surface area (Å²) in [5, 5.41) is 11.8. The molecule has 1 heterocycles. The number of nitrogens with one attached hydrogen (secondary N) is 1. The first-order valence-electron chi connectivity index (χ1n) is 4.78. The van der Waals surface area contributed by atoms with E-state index in [1.165, 1.54) is 12.3 Å². The summed E-state index contributed by atoms with van der Waals surface area (Å²) in [6, 6.07) is 3.20. The van der Waals surface area contributed by atoms with Crippen molar-refractivity contribution >= 4 is 11.7 Å². The smallest absolute Gasteiger partial charge is 0.354 e. The topological polar surface area (TPSA) is 62.2 Å². The molecule has 0 aliphatic heterocycles. The maximum atomic E-state index is 10.5. The molecule has 0 aromatic carbocycles. The summed E-state index contributed by atoms with van der Waals surface area (Å²) in [6.45, 7) is 2.79. The minimum Gasteiger partial charge on any atom is -0.477 e. The van der Waals surface area contributed by atoms with Gasteiger partial charge in [-0.05, 0) is 25.5 Å². The molecule has 0 amide bonds. The van der Waals surface area contributed by atoms with Gasteiger partial charge in [0.1, 0.15) is 5.69 Å². The van der Waals surface area contributed by atoms with Crippen molar-refractivity contribution < 1.29 is 9.90 Å². The molecule has 0 atom stereocenters. The average Bonchev–Trinajstić information content (AvgIpc) is 2.25. The summed E-state index contributed by atoms with van der Waals surface area (Å²) in [4.78, 5) is 14.3. The standard InChI is InChI=1S/C11H14N2O2/c1-2-3-4-7-12-9-5-6-10(11(14)15)13-8-9/h2-3,5-6,8,12H,4,7H2,1H3,(H,14,15)/b3-2+. The molecule has 0 fully saturated rings. The highest BCUT2D eigenvalue weighted by Crippen LogP contribution is 2.05. The number of aromatic carboxylic acids is 1. The molecule has 4 nitrogen and oxygen atoms in total. The van der Waals surface area contributed by atoms with E-state index in [1.54, 1.807) is 6.07 Å². The van der Waals surface area contributed by atoms with Gasteiger partial charge in [0.05, 0.1) is 11.9 Å². The van der Waals surface area contributed by atoms with Crippen LogP contribution in [0.25, 0.3) is 0 Å². The highest BCUT2D eigenvalue weighted by Gasteiger charge is 2.02. The Kier molecular flexibility index (Phi) is 4.34. The number of aromatic nitrogens is 1. The molecule has 4 heteroatoms. The highest BCUT2D eigenvalue weighted by atomic mass is 16.4.